The van der Waals surface area contributed by atoms with E-state index in [0.29, 0.717) is 24.6 Å². The number of hydrogen-bond donors (Lipinski definition) is 1. The van der Waals surface area contributed by atoms with E-state index in [0.717, 1.165) is 44.1 Å². The number of piperidine rings is 1. The van der Waals surface area contributed by atoms with E-state index in [2.05, 4.69) is 20.1 Å². The SMILES string of the molecule is O=C(c1ccc(Cl)c(F)c1)N1CCC(c2nnc3n2CCNC3)CC1. The maximum Gasteiger partial charge on any atom is 0.253 e. The molecule has 4 rings (SSSR count). The summed E-state index contributed by atoms with van der Waals surface area (Å²) in [5.74, 6) is 1.61. The van der Waals surface area contributed by atoms with Gasteiger partial charge < -0.3 is 14.8 Å². The zero-order valence-corrected chi connectivity index (χ0v) is 14.5. The molecule has 1 N–H and O–H groups in total. The number of hydrogen-bond acceptors (Lipinski definition) is 4. The molecule has 132 valence electrons. The Kier molecular flexibility index (Phi) is 4.43. The molecular weight excluding hydrogens is 345 g/mol. The third-order valence-electron chi connectivity index (χ3n) is 4.97. The Morgan fingerprint density at radius 3 is 2.80 bits per heavy atom. The highest BCUT2D eigenvalue weighted by Gasteiger charge is 2.29. The van der Waals surface area contributed by atoms with Crippen molar-refractivity contribution in [1.29, 1.82) is 0 Å². The average molecular weight is 364 g/mol. The van der Waals surface area contributed by atoms with Gasteiger partial charge in [-0.2, -0.15) is 0 Å². The van der Waals surface area contributed by atoms with Crippen molar-refractivity contribution >= 4 is 17.5 Å². The van der Waals surface area contributed by atoms with Crippen molar-refractivity contribution in [3.63, 3.8) is 0 Å². The zero-order chi connectivity index (χ0) is 17.4. The number of rotatable bonds is 2. The number of fused-ring (bicyclic) bond motifs is 1. The number of amides is 1. The van der Waals surface area contributed by atoms with E-state index in [1.807, 2.05) is 0 Å². The molecule has 6 nitrogen and oxygen atoms in total. The highest BCUT2D eigenvalue weighted by Crippen LogP contribution is 2.28. The summed E-state index contributed by atoms with van der Waals surface area (Å²) in [5, 5.41) is 12.0. The number of nitrogens with zero attached hydrogens (tertiary/aromatic N) is 4. The number of carbonyl (C=O) groups excluding carboxylic acids is 1. The molecule has 1 amide bonds. The number of nitrogens with one attached hydrogen (secondary N) is 1. The normalized spacial score (nSPS) is 18.2. The van der Waals surface area contributed by atoms with Crippen LogP contribution in [0.2, 0.25) is 5.02 Å². The van der Waals surface area contributed by atoms with E-state index < -0.39 is 5.82 Å². The van der Waals surface area contributed by atoms with Crippen molar-refractivity contribution in [3.8, 4) is 0 Å². The van der Waals surface area contributed by atoms with Crippen molar-refractivity contribution < 1.29 is 9.18 Å². The fraction of sp³-hybridized carbons (Fsp3) is 0.471. The van der Waals surface area contributed by atoms with Gasteiger partial charge in [0.2, 0.25) is 0 Å². The van der Waals surface area contributed by atoms with Crippen LogP contribution in [0.3, 0.4) is 0 Å². The number of aromatic nitrogens is 3. The van der Waals surface area contributed by atoms with Crippen LogP contribution in [-0.4, -0.2) is 45.2 Å². The van der Waals surface area contributed by atoms with Crippen molar-refractivity contribution in [2.75, 3.05) is 19.6 Å². The molecule has 0 unspecified atom stereocenters. The smallest absolute Gasteiger partial charge is 0.253 e. The third-order valence-corrected chi connectivity index (χ3v) is 5.27. The van der Waals surface area contributed by atoms with Crippen LogP contribution in [0.4, 0.5) is 4.39 Å². The molecule has 2 aliphatic heterocycles. The third kappa shape index (κ3) is 3.14. The van der Waals surface area contributed by atoms with E-state index >= 15 is 0 Å². The predicted molar refractivity (Wildman–Crippen MR) is 91.0 cm³/mol. The van der Waals surface area contributed by atoms with Crippen LogP contribution in [0.5, 0.6) is 0 Å². The zero-order valence-electron chi connectivity index (χ0n) is 13.7. The first-order chi connectivity index (χ1) is 12.1. The van der Waals surface area contributed by atoms with Gasteiger partial charge in [0.25, 0.3) is 5.91 Å². The highest BCUT2D eigenvalue weighted by molar-refractivity contribution is 6.30. The largest absolute Gasteiger partial charge is 0.339 e. The van der Waals surface area contributed by atoms with Crippen molar-refractivity contribution in [3.05, 3.63) is 46.3 Å². The second-order valence-electron chi connectivity index (χ2n) is 6.50. The molecule has 1 aromatic heterocycles. The lowest BCUT2D eigenvalue weighted by molar-refractivity contribution is 0.0709. The number of likely N-dealkylation sites (tertiary alicyclic amines) is 1. The Morgan fingerprint density at radius 1 is 1.24 bits per heavy atom. The molecule has 3 heterocycles. The predicted octanol–water partition coefficient (Wildman–Crippen LogP) is 2.19. The van der Waals surface area contributed by atoms with Crippen molar-refractivity contribution in [1.82, 2.24) is 25.0 Å². The van der Waals surface area contributed by atoms with E-state index in [9.17, 15) is 9.18 Å². The molecule has 8 heteroatoms. The molecule has 0 radical (unpaired) electrons. The fourth-order valence-corrected chi connectivity index (χ4v) is 3.69. The average Bonchev–Trinajstić information content (AvgIpc) is 3.08. The second-order valence-corrected chi connectivity index (χ2v) is 6.91. The minimum atomic E-state index is -0.564. The highest BCUT2D eigenvalue weighted by atomic mass is 35.5. The summed E-state index contributed by atoms with van der Waals surface area (Å²) in [4.78, 5) is 14.3. The van der Waals surface area contributed by atoms with E-state index in [1.165, 1.54) is 12.1 Å². The summed E-state index contributed by atoms with van der Waals surface area (Å²) in [5.41, 5.74) is 0.339. The lowest BCUT2D eigenvalue weighted by atomic mass is 9.95. The summed E-state index contributed by atoms with van der Waals surface area (Å²) in [6, 6.07) is 4.20. The van der Waals surface area contributed by atoms with Crippen LogP contribution in [0.25, 0.3) is 0 Å². The molecule has 2 aromatic rings. The molecule has 1 fully saturated rings. The molecule has 1 saturated heterocycles. The Labute approximate surface area is 150 Å². The fourth-order valence-electron chi connectivity index (χ4n) is 3.57. The Morgan fingerprint density at radius 2 is 2.04 bits per heavy atom. The standard InChI is InChI=1S/C17H19ClFN5O/c18-13-2-1-12(9-14(13)19)17(25)23-6-3-11(4-7-23)16-22-21-15-10-20-5-8-24(15)16/h1-2,9,11,20H,3-8,10H2. The van der Waals surface area contributed by atoms with E-state index in [1.54, 1.807) is 11.0 Å². The van der Waals surface area contributed by atoms with Gasteiger partial charge in [-0.15, -0.1) is 10.2 Å². The lowest BCUT2D eigenvalue weighted by Crippen LogP contribution is -2.39. The number of benzene rings is 1. The first-order valence-corrected chi connectivity index (χ1v) is 8.88. The van der Waals surface area contributed by atoms with Crippen LogP contribution in [0, 0.1) is 5.82 Å². The van der Waals surface area contributed by atoms with Crippen LogP contribution in [0.1, 0.15) is 40.8 Å². The van der Waals surface area contributed by atoms with Gasteiger partial charge in [0.15, 0.2) is 0 Å². The summed E-state index contributed by atoms with van der Waals surface area (Å²) in [7, 11) is 0. The van der Waals surface area contributed by atoms with Crippen LogP contribution in [0.15, 0.2) is 18.2 Å². The summed E-state index contributed by atoms with van der Waals surface area (Å²) in [6.45, 7) is 3.84. The number of carbonyl (C=O) groups is 1. The topological polar surface area (TPSA) is 63.1 Å². The molecule has 0 saturated carbocycles. The minimum absolute atomic E-state index is 0.0290. The maximum atomic E-state index is 13.6. The minimum Gasteiger partial charge on any atom is -0.339 e. The van der Waals surface area contributed by atoms with Crippen molar-refractivity contribution in [2.45, 2.75) is 31.8 Å². The molecule has 1 aromatic carbocycles. The van der Waals surface area contributed by atoms with Crippen LogP contribution < -0.4 is 5.32 Å². The quantitative estimate of drug-likeness (QED) is 0.888. The molecule has 2 aliphatic rings. The van der Waals surface area contributed by atoms with Gasteiger partial charge >= 0.3 is 0 Å². The van der Waals surface area contributed by atoms with Gasteiger partial charge in [-0.05, 0) is 31.0 Å². The van der Waals surface area contributed by atoms with Gasteiger partial charge in [0, 0.05) is 37.7 Å². The van der Waals surface area contributed by atoms with Gasteiger partial charge in [0.05, 0.1) is 11.6 Å². The van der Waals surface area contributed by atoms with Crippen LogP contribution >= 0.6 is 11.6 Å². The lowest BCUT2D eigenvalue weighted by Gasteiger charge is -2.32. The molecule has 0 spiro atoms. The monoisotopic (exact) mass is 363 g/mol. The van der Waals surface area contributed by atoms with Gasteiger partial charge in [-0.1, -0.05) is 11.6 Å². The first-order valence-electron chi connectivity index (χ1n) is 8.50. The van der Waals surface area contributed by atoms with Gasteiger partial charge in [-0.25, -0.2) is 4.39 Å². The maximum absolute atomic E-state index is 13.6. The Balaban J connectivity index is 1.43. The number of halogens is 2. The Bertz CT molecular complexity index is 800. The molecule has 0 atom stereocenters. The Hall–Kier alpha value is -1.99. The summed E-state index contributed by atoms with van der Waals surface area (Å²) in [6.07, 6.45) is 1.68. The second kappa shape index (κ2) is 6.72. The van der Waals surface area contributed by atoms with Crippen molar-refractivity contribution in [2.24, 2.45) is 0 Å². The molecule has 25 heavy (non-hydrogen) atoms. The summed E-state index contributed by atoms with van der Waals surface area (Å²) < 4.78 is 15.8. The van der Waals surface area contributed by atoms with Gasteiger partial charge in [0.1, 0.15) is 17.5 Å². The summed E-state index contributed by atoms with van der Waals surface area (Å²) >= 11 is 5.69. The first kappa shape index (κ1) is 16.5. The van der Waals surface area contributed by atoms with Crippen LogP contribution in [-0.2, 0) is 13.1 Å². The molecular formula is C17H19ClFN5O. The molecule has 0 aliphatic carbocycles. The molecule has 0 bridgehead atoms. The van der Waals surface area contributed by atoms with E-state index in [4.69, 9.17) is 11.6 Å². The van der Waals surface area contributed by atoms with Gasteiger partial charge in [-0.3, -0.25) is 4.79 Å². The van der Waals surface area contributed by atoms with E-state index in [-0.39, 0.29) is 10.9 Å².